The summed E-state index contributed by atoms with van der Waals surface area (Å²) in [4.78, 5) is 2.71. The highest BCUT2D eigenvalue weighted by Crippen LogP contribution is 2.23. The van der Waals surface area contributed by atoms with Crippen LogP contribution in [0.4, 0.5) is 0 Å². The first-order valence-electron chi connectivity index (χ1n) is 6.82. The van der Waals surface area contributed by atoms with E-state index in [9.17, 15) is 0 Å². The van der Waals surface area contributed by atoms with Crippen molar-refractivity contribution in [2.45, 2.75) is 45.1 Å². The molecule has 0 unspecified atom stereocenters. The van der Waals surface area contributed by atoms with Crippen molar-refractivity contribution < 1.29 is 0 Å². The van der Waals surface area contributed by atoms with Crippen molar-refractivity contribution in [2.24, 2.45) is 0 Å². The highest BCUT2D eigenvalue weighted by atomic mass is 32.2. The topological polar surface area (TPSA) is 15.3 Å². The molecule has 0 bridgehead atoms. The summed E-state index contributed by atoms with van der Waals surface area (Å²) >= 11 is 1.92. The molecule has 1 fully saturated rings. The van der Waals surface area contributed by atoms with Gasteiger partial charge < -0.3 is 5.32 Å². The molecule has 1 saturated carbocycles. The van der Waals surface area contributed by atoms with Gasteiger partial charge in [-0.2, -0.15) is 11.8 Å². The number of thioether (sulfide) groups is 1. The summed E-state index contributed by atoms with van der Waals surface area (Å²) in [7, 11) is 0. The average Bonchev–Trinajstić information content (AvgIpc) is 2.81. The maximum Gasteiger partial charge on any atom is 0.0110 e. The fourth-order valence-electron chi connectivity index (χ4n) is 2.56. The molecule has 2 nitrogen and oxygen atoms in total. The normalized spacial score (nSPS) is 17.4. The van der Waals surface area contributed by atoms with Crippen molar-refractivity contribution >= 4 is 11.8 Å². The van der Waals surface area contributed by atoms with Crippen LogP contribution in [0.15, 0.2) is 0 Å². The monoisotopic (exact) mass is 244 g/mol. The van der Waals surface area contributed by atoms with E-state index in [1.54, 1.807) is 0 Å². The van der Waals surface area contributed by atoms with Gasteiger partial charge in [0.25, 0.3) is 0 Å². The minimum Gasteiger partial charge on any atom is -0.315 e. The number of nitrogens with one attached hydrogen (secondary N) is 1. The SMILES string of the molecule is CCCN(CCNCCSC)C1CCCC1. The molecule has 0 aromatic heterocycles. The molecule has 0 spiro atoms. The summed E-state index contributed by atoms with van der Waals surface area (Å²) in [5.74, 6) is 1.23. The van der Waals surface area contributed by atoms with Crippen LogP contribution in [0.5, 0.6) is 0 Å². The van der Waals surface area contributed by atoms with Crippen LogP contribution in [0.1, 0.15) is 39.0 Å². The van der Waals surface area contributed by atoms with Crippen molar-refractivity contribution in [3.05, 3.63) is 0 Å². The van der Waals surface area contributed by atoms with Crippen molar-refractivity contribution in [3.8, 4) is 0 Å². The quantitative estimate of drug-likeness (QED) is 0.628. The Morgan fingerprint density at radius 2 is 1.94 bits per heavy atom. The second kappa shape index (κ2) is 9.32. The first kappa shape index (κ1) is 14.3. The summed E-state index contributed by atoms with van der Waals surface area (Å²) in [5, 5.41) is 3.54. The molecular formula is C13H28N2S. The molecule has 0 atom stereocenters. The van der Waals surface area contributed by atoms with E-state index in [1.165, 1.54) is 50.9 Å². The molecule has 96 valence electrons. The fourth-order valence-corrected chi connectivity index (χ4v) is 2.90. The number of hydrogen-bond acceptors (Lipinski definition) is 3. The predicted molar refractivity (Wildman–Crippen MR) is 75.4 cm³/mol. The first-order chi connectivity index (χ1) is 7.88. The molecule has 1 rings (SSSR count). The molecule has 1 aliphatic carbocycles. The molecule has 0 aromatic carbocycles. The second-order valence-electron chi connectivity index (χ2n) is 4.72. The lowest BCUT2D eigenvalue weighted by Crippen LogP contribution is -2.39. The molecule has 0 saturated heterocycles. The zero-order valence-electron chi connectivity index (χ0n) is 11.0. The molecule has 16 heavy (non-hydrogen) atoms. The van der Waals surface area contributed by atoms with Gasteiger partial charge in [-0.3, -0.25) is 4.90 Å². The maximum absolute atomic E-state index is 3.54. The zero-order valence-corrected chi connectivity index (χ0v) is 11.8. The molecule has 0 radical (unpaired) electrons. The fraction of sp³-hybridized carbons (Fsp3) is 1.00. The average molecular weight is 244 g/mol. The number of rotatable bonds is 9. The van der Waals surface area contributed by atoms with Gasteiger partial charge in [0.05, 0.1) is 0 Å². The molecule has 3 heteroatoms. The lowest BCUT2D eigenvalue weighted by atomic mass is 10.2. The molecule has 0 heterocycles. The van der Waals surface area contributed by atoms with E-state index >= 15 is 0 Å². The van der Waals surface area contributed by atoms with Crippen LogP contribution in [0.3, 0.4) is 0 Å². The predicted octanol–water partition coefficient (Wildman–Crippen LogP) is 2.59. The molecule has 1 N–H and O–H groups in total. The number of hydrogen-bond donors (Lipinski definition) is 1. The van der Waals surface area contributed by atoms with Gasteiger partial charge in [0.1, 0.15) is 0 Å². The van der Waals surface area contributed by atoms with Gasteiger partial charge >= 0.3 is 0 Å². The summed E-state index contributed by atoms with van der Waals surface area (Å²) in [6.07, 6.45) is 9.23. The van der Waals surface area contributed by atoms with Gasteiger partial charge in [-0.25, -0.2) is 0 Å². The molecular weight excluding hydrogens is 216 g/mol. The molecule has 1 aliphatic rings. The molecule has 0 aromatic rings. The highest BCUT2D eigenvalue weighted by Gasteiger charge is 2.21. The Morgan fingerprint density at radius 3 is 2.56 bits per heavy atom. The van der Waals surface area contributed by atoms with Crippen molar-refractivity contribution in [2.75, 3.05) is 38.2 Å². The van der Waals surface area contributed by atoms with Gasteiger partial charge in [0, 0.05) is 31.4 Å². The number of nitrogens with zero attached hydrogens (tertiary/aromatic N) is 1. The van der Waals surface area contributed by atoms with Gasteiger partial charge in [0.2, 0.25) is 0 Å². The Bertz CT molecular complexity index is 158. The van der Waals surface area contributed by atoms with Crippen LogP contribution in [0.25, 0.3) is 0 Å². The summed E-state index contributed by atoms with van der Waals surface area (Å²) in [6.45, 7) is 7.15. The van der Waals surface area contributed by atoms with Crippen LogP contribution in [-0.2, 0) is 0 Å². The highest BCUT2D eigenvalue weighted by molar-refractivity contribution is 7.98. The minimum atomic E-state index is 0.891. The zero-order chi connectivity index (χ0) is 11.6. The van der Waals surface area contributed by atoms with E-state index in [0.717, 1.165) is 19.1 Å². The third-order valence-electron chi connectivity index (χ3n) is 3.41. The maximum atomic E-state index is 3.54. The van der Waals surface area contributed by atoms with Gasteiger partial charge in [0.15, 0.2) is 0 Å². The van der Waals surface area contributed by atoms with E-state index in [0.29, 0.717) is 0 Å². The van der Waals surface area contributed by atoms with E-state index in [1.807, 2.05) is 11.8 Å². The minimum absolute atomic E-state index is 0.891. The van der Waals surface area contributed by atoms with Gasteiger partial charge in [-0.1, -0.05) is 19.8 Å². The lowest BCUT2D eigenvalue weighted by Gasteiger charge is -2.28. The Kier molecular flexibility index (Phi) is 8.34. The summed E-state index contributed by atoms with van der Waals surface area (Å²) in [5.41, 5.74) is 0. The Hall–Kier alpha value is 0.270. The smallest absolute Gasteiger partial charge is 0.0110 e. The third-order valence-corrected chi connectivity index (χ3v) is 4.02. The van der Waals surface area contributed by atoms with Crippen molar-refractivity contribution in [3.63, 3.8) is 0 Å². The van der Waals surface area contributed by atoms with Crippen LogP contribution >= 0.6 is 11.8 Å². The van der Waals surface area contributed by atoms with E-state index in [4.69, 9.17) is 0 Å². The lowest BCUT2D eigenvalue weighted by molar-refractivity contribution is 0.199. The standard InChI is InChI=1S/C13H28N2S/c1-3-10-15(13-6-4-5-7-13)11-8-14-9-12-16-2/h13-14H,3-12H2,1-2H3. The Morgan fingerprint density at radius 1 is 1.19 bits per heavy atom. The van der Waals surface area contributed by atoms with E-state index in [-0.39, 0.29) is 0 Å². The van der Waals surface area contributed by atoms with Crippen LogP contribution in [-0.4, -0.2) is 49.1 Å². The van der Waals surface area contributed by atoms with Crippen LogP contribution < -0.4 is 5.32 Å². The molecule has 0 amide bonds. The van der Waals surface area contributed by atoms with Crippen LogP contribution in [0.2, 0.25) is 0 Å². The Balaban J connectivity index is 2.12. The van der Waals surface area contributed by atoms with Crippen LogP contribution in [0, 0.1) is 0 Å². The van der Waals surface area contributed by atoms with Crippen molar-refractivity contribution in [1.29, 1.82) is 0 Å². The largest absolute Gasteiger partial charge is 0.315 e. The summed E-state index contributed by atoms with van der Waals surface area (Å²) in [6, 6.07) is 0.891. The second-order valence-corrected chi connectivity index (χ2v) is 5.70. The third kappa shape index (κ3) is 5.55. The van der Waals surface area contributed by atoms with E-state index in [2.05, 4.69) is 23.4 Å². The Labute approximate surface area is 106 Å². The van der Waals surface area contributed by atoms with E-state index < -0.39 is 0 Å². The first-order valence-corrected chi connectivity index (χ1v) is 8.21. The van der Waals surface area contributed by atoms with Crippen molar-refractivity contribution in [1.82, 2.24) is 10.2 Å². The van der Waals surface area contributed by atoms with Gasteiger partial charge in [-0.15, -0.1) is 0 Å². The summed E-state index contributed by atoms with van der Waals surface area (Å²) < 4.78 is 0. The van der Waals surface area contributed by atoms with Gasteiger partial charge in [-0.05, 0) is 32.1 Å². The molecule has 0 aliphatic heterocycles.